The van der Waals surface area contributed by atoms with Crippen LogP contribution in [0.5, 0.6) is 0 Å². The van der Waals surface area contributed by atoms with Gasteiger partial charge in [0, 0.05) is 15.8 Å². The van der Waals surface area contributed by atoms with E-state index in [0.29, 0.717) is 6.04 Å². The molecule has 1 aliphatic rings. The standard InChI is InChI=1S/C16H27NS/c1-5-17-16(14-8-6-7-11(2)9-14)15-10-12(3)13(4)18-15/h10-11,14,16-17H,5-9H2,1-4H3. The van der Waals surface area contributed by atoms with E-state index in [-0.39, 0.29) is 0 Å². The summed E-state index contributed by atoms with van der Waals surface area (Å²) in [5.41, 5.74) is 1.46. The van der Waals surface area contributed by atoms with Gasteiger partial charge in [-0.3, -0.25) is 0 Å². The number of aryl methyl sites for hydroxylation is 2. The van der Waals surface area contributed by atoms with Crippen molar-refractivity contribution in [3.63, 3.8) is 0 Å². The maximum Gasteiger partial charge on any atom is 0.0443 e. The zero-order valence-electron chi connectivity index (χ0n) is 12.3. The molecule has 2 rings (SSSR count). The Hall–Kier alpha value is -0.340. The third-order valence-corrected chi connectivity index (χ3v) is 5.60. The number of hydrogen-bond acceptors (Lipinski definition) is 2. The summed E-state index contributed by atoms with van der Waals surface area (Å²) in [4.78, 5) is 3.04. The van der Waals surface area contributed by atoms with Gasteiger partial charge in [0.25, 0.3) is 0 Å². The molecule has 3 unspecified atom stereocenters. The van der Waals surface area contributed by atoms with Gasteiger partial charge in [-0.2, -0.15) is 0 Å². The fraction of sp³-hybridized carbons (Fsp3) is 0.750. The summed E-state index contributed by atoms with van der Waals surface area (Å²) in [6, 6.07) is 3.00. The molecule has 0 radical (unpaired) electrons. The van der Waals surface area contributed by atoms with Crippen molar-refractivity contribution in [3.05, 3.63) is 21.4 Å². The van der Waals surface area contributed by atoms with Gasteiger partial charge < -0.3 is 5.32 Å². The second-order valence-electron chi connectivity index (χ2n) is 5.96. The lowest BCUT2D eigenvalue weighted by molar-refractivity contribution is 0.227. The van der Waals surface area contributed by atoms with E-state index in [9.17, 15) is 0 Å². The molecule has 102 valence electrons. The fourth-order valence-electron chi connectivity index (χ4n) is 3.26. The molecule has 2 heteroatoms. The topological polar surface area (TPSA) is 12.0 Å². The highest BCUT2D eigenvalue weighted by Gasteiger charge is 2.28. The summed E-state index contributed by atoms with van der Waals surface area (Å²) in [6.45, 7) is 10.2. The minimum atomic E-state index is 0.593. The molecule has 0 spiro atoms. The largest absolute Gasteiger partial charge is 0.309 e. The van der Waals surface area contributed by atoms with E-state index in [1.165, 1.54) is 36.1 Å². The monoisotopic (exact) mass is 265 g/mol. The van der Waals surface area contributed by atoms with Crippen molar-refractivity contribution in [1.82, 2.24) is 5.32 Å². The first kappa shape index (κ1) is 14.1. The van der Waals surface area contributed by atoms with Crippen molar-refractivity contribution in [2.75, 3.05) is 6.54 Å². The zero-order chi connectivity index (χ0) is 13.1. The van der Waals surface area contributed by atoms with E-state index >= 15 is 0 Å². The number of rotatable bonds is 4. The van der Waals surface area contributed by atoms with Gasteiger partial charge in [-0.15, -0.1) is 11.3 Å². The van der Waals surface area contributed by atoms with E-state index in [1.54, 1.807) is 4.88 Å². The summed E-state index contributed by atoms with van der Waals surface area (Å²) < 4.78 is 0. The van der Waals surface area contributed by atoms with Gasteiger partial charge in [0.2, 0.25) is 0 Å². The maximum absolute atomic E-state index is 3.74. The summed E-state index contributed by atoms with van der Waals surface area (Å²) in [5.74, 6) is 1.75. The van der Waals surface area contributed by atoms with E-state index in [1.807, 2.05) is 11.3 Å². The molecule has 1 fully saturated rings. The highest BCUT2D eigenvalue weighted by atomic mass is 32.1. The fourth-order valence-corrected chi connectivity index (χ4v) is 4.47. The molecule has 1 aliphatic carbocycles. The molecule has 18 heavy (non-hydrogen) atoms. The lowest BCUT2D eigenvalue weighted by atomic mass is 9.78. The van der Waals surface area contributed by atoms with Gasteiger partial charge in [0.1, 0.15) is 0 Å². The molecule has 0 aliphatic heterocycles. The SMILES string of the molecule is CCNC(c1cc(C)c(C)s1)C1CCCC(C)C1. The molecule has 1 aromatic heterocycles. The van der Waals surface area contributed by atoms with E-state index < -0.39 is 0 Å². The smallest absolute Gasteiger partial charge is 0.0443 e. The van der Waals surface area contributed by atoms with Gasteiger partial charge in [-0.05, 0) is 56.7 Å². The van der Waals surface area contributed by atoms with Crippen molar-refractivity contribution < 1.29 is 0 Å². The first-order valence-electron chi connectivity index (χ1n) is 7.42. The molecule has 1 aromatic rings. The van der Waals surface area contributed by atoms with Crippen molar-refractivity contribution in [2.24, 2.45) is 11.8 Å². The van der Waals surface area contributed by atoms with Gasteiger partial charge in [0.15, 0.2) is 0 Å². The Bertz CT molecular complexity index is 363. The Morgan fingerprint density at radius 1 is 1.39 bits per heavy atom. The van der Waals surface area contributed by atoms with Crippen molar-refractivity contribution in [3.8, 4) is 0 Å². The summed E-state index contributed by atoms with van der Waals surface area (Å²) in [5, 5.41) is 3.74. The normalized spacial score (nSPS) is 26.2. The number of nitrogens with one attached hydrogen (secondary N) is 1. The van der Waals surface area contributed by atoms with Crippen LogP contribution in [0.4, 0.5) is 0 Å². The maximum atomic E-state index is 3.74. The van der Waals surface area contributed by atoms with Crippen LogP contribution >= 0.6 is 11.3 Å². The Morgan fingerprint density at radius 2 is 2.17 bits per heavy atom. The third-order valence-electron chi connectivity index (χ3n) is 4.36. The molecule has 1 heterocycles. The Labute approximate surface area is 116 Å². The first-order chi connectivity index (χ1) is 8.61. The minimum absolute atomic E-state index is 0.593. The van der Waals surface area contributed by atoms with Crippen LogP contribution in [-0.2, 0) is 0 Å². The minimum Gasteiger partial charge on any atom is -0.309 e. The molecule has 0 bridgehead atoms. The molecular formula is C16H27NS. The van der Waals surface area contributed by atoms with Crippen LogP contribution in [0.2, 0.25) is 0 Å². The average Bonchev–Trinajstić information content (AvgIpc) is 2.66. The molecule has 1 nitrogen and oxygen atoms in total. The highest BCUT2D eigenvalue weighted by molar-refractivity contribution is 7.12. The second kappa shape index (κ2) is 6.21. The molecule has 0 saturated heterocycles. The second-order valence-corrected chi connectivity index (χ2v) is 7.24. The molecule has 0 amide bonds. The molecule has 3 atom stereocenters. The van der Waals surface area contributed by atoms with Crippen LogP contribution in [0.3, 0.4) is 0 Å². The van der Waals surface area contributed by atoms with Crippen molar-refractivity contribution in [2.45, 2.75) is 59.4 Å². The van der Waals surface area contributed by atoms with E-state index in [0.717, 1.165) is 18.4 Å². The lowest BCUT2D eigenvalue weighted by Gasteiger charge is -2.33. The number of thiophene rings is 1. The van der Waals surface area contributed by atoms with Gasteiger partial charge in [-0.25, -0.2) is 0 Å². The van der Waals surface area contributed by atoms with Gasteiger partial charge >= 0.3 is 0 Å². The molecule has 1 saturated carbocycles. The average molecular weight is 265 g/mol. The molecule has 0 aromatic carbocycles. The summed E-state index contributed by atoms with van der Waals surface area (Å²) in [6.07, 6.45) is 5.64. The summed E-state index contributed by atoms with van der Waals surface area (Å²) in [7, 11) is 0. The van der Waals surface area contributed by atoms with Crippen LogP contribution in [0.25, 0.3) is 0 Å². The number of hydrogen-bond donors (Lipinski definition) is 1. The van der Waals surface area contributed by atoms with E-state index in [2.05, 4.69) is 39.1 Å². The van der Waals surface area contributed by atoms with Crippen LogP contribution in [0, 0.1) is 25.7 Å². The van der Waals surface area contributed by atoms with Crippen LogP contribution in [0.1, 0.15) is 60.9 Å². The zero-order valence-corrected chi connectivity index (χ0v) is 13.1. The van der Waals surface area contributed by atoms with Crippen LogP contribution in [0.15, 0.2) is 6.07 Å². The summed E-state index contributed by atoms with van der Waals surface area (Å²) >= 11 is 1.99. The Kier molecular flexibility index (Phi) is 4.85. The molecular weight excluding hydrogens is 238 g/mol. The van der Waals surface area contributed by atoms with Gasteiger partial charge in [0.05, 0.1) is 0 Å². The first-order valence-corrected chi connectivity index (χ1v) is 8.23. The quantitative estimate of drug-likeness (QED) is 0.821. The predicted molar refractivity (Wildman–Crippen MR) is 81.3 cm³/mol. The van der Waals surface area contributed by atoms with Crippen molar-refractivity contribution >= 4 is 11.3 Å². The third kappa shape index (κ3) is 3.16. The van der Waals surface area contributed by atoms with E-state index in [4.69, 9.17) is 0 Å². The van der Waals surface area contributed by atoms with Crippen molar-refractivity contribution in [1.29, 1.82) is 0 Å². The molecule has 1 N–H and O–H groups in total. The lowest BCUT2D eigenvalue weighted by Crippen LogP contribution is -2.30. The van der Waals surface area contributed by atoms with Crippen LogP contribution in [-0.4, -0.2) is 6.54 Å². The predicted octanol–water partition coefficient (Wildman–Crippen LogP) is 4.84. The Morgan fingerprint density at radius 3 is 2.72 bits per heavy atom. The van der Waals surface area contributed by atoms with Gasteiger partial charge in [-0.1, -0.05) is 26.7 Å². The highest BCUT2D eigenvalue weighted by Crippen LogP contribution is 2.39. The van der Waals surface area contributed by atoms with Crippen LogP contribution < -0.4 is 5.32 Å². The Balaban J connectivity index is 2.16.